The molecule has 7 heteroatoms. The van der Waals surface area contributed by atoms with Crippen molar-refractivity contribution in [1.29, 1.82) is 5.26 Å². The Kier molecular flexibility index (Phi) is 5.74. The summed E-state index contributed by atoms with van der Waals surface area (Å²) in [6.45, 7) is 4.56. The molecule has 1 unspecified atom stereocenters. The number of hydrogen-bond donors (Lipinski definition) is 1. The third kappa shape index (κ3) is 4.37. The molecule has 108 valence electrons. The first-order chi connectivity index (χ1) is 9.41. The van der Waals surface area contributed by atoms with Crippen molar-refractivity contribution in [2.24, 2.45) is 0 Å². The van der Waals surface area contributed by atoms with Gasteiger partial charge < -0.3 is 4.74 Å². The number of rotatable bonds is 7. The van der Waals surface area contributed by atoms with Gasteiger partial charge in [-0.1, -0.05) is 18.5 Å². The number of ether oxygens (including phenoxy) is 1. The van der Waals surface area contributed by atoms with Gasteiger partial charge in [-0.2, -0.15) is 5.26 Å². The molecule has 0 bridgehead atoms. The number of nitro groups is 1. The summed E-state index contributed by atoms with van der Waals surface area (Å²) in [6, 6.07) is 6.26. The molecule has 0 spiro atoms. The summed E-state index contributed by atoms with van der Waals surface area (Å²) in [7, 11) is 0. The van der Waals surface area contributed by atoms with Crippen LogP contribution in [0.25, 0.3) is 0 Å². The standard InChI is InChI=1S/C13H16ClN3O3/c1-3-6-16-13(2,8-15)9-20-10-4-5-12(17(18)19)11(14)7-10/h4-5,7,16H,3,6,9H2,1-2H3. The fraction of sp³-hybridized carbons (Fsp3) is 0.462. The zero-order valence-corrected chi connectivity index (χ0v) is 12.1. The van der Waals surface area contributed by atoms with Crippen molar-refractivity contribution in [3.63, 3.8) is 0 Å². The molecule has 1 aromatic rings. The summed E-state index contributed by atoms with van der Waals surface area (Å²) in [5, 5.41) is 22.9. The largest absolute Gasteiger partial charge is 0.490 e. The first kappa shape index (κ1) is 16.2. The van der Waals surface area contributed by atoms with Gasteiger partial charge in [0.05, 0.1) is 11.0 Å². The van der Waals surface area contributed by atoms with Crippen LogP contribution in [0.5, 0.6) is 5.75 Å². The first-order valence-electron chi connectivity index (χ1n) is 6.15. The van der Waals surface area contributed by atoms with E-state index in [1.165, 1.54) is 18.2 Å². The Morgan fingerprint density at radius 3 is 2.80 bits per heavy atom. The highest BCUT2D eigenvalue weighted by Gasteiger charge is 2.24. The summed E-state index contributed by atoms with van der Waals surface area (Å²) in [6.07, 6.45) is 0.903. The van der Waals surface area contributed by atoms with Crippen LogP contribution in [0.4, 0.5) is 5.69 Å². The zero-order chi connectivity index (χ0) is 15.2. The first-order valence-corrected chi connectivity index (χ1v) is 6.52. The molecule has 1 N–H and O–H groups in total. The molecule has 0 aliphatic rings. The van der Waals surface area contributed by atoms with E-state index in [9.17, 15) is 10.1 Å². The molecule has 0 fully saturated rings. The van der Waals surface area contributed by atoms with E-state index in [-0.39, 0.29) is 17.3 Å². The molecule has 0 amide bonds. The molecule has 0 aliphatic heterocycles. The van der Waals surface area contributed by atoms with Gasteiger partial charge in [-0.3, -0.25) is 15.4 Å². The van der Waals surface area contributed by atoms with Gasteiger partial charge in [-0.05, 0) is 26.0 Å². The molecule has 1 atom stereocenters. The summed E-state index contributed by atoms with van der Waals surface area (Å²) >= 11 is 5.79. The van der Waals surface area contributed by atoms with Gasteiger partial charge in [0.25, 0.3) is 5.69 Å². The number of halogens is 1. The lowest BCUT2D eigenvalue weighted by molar-refractivity contribution is -0.384. The Morgan fingerprint density at radius 2 is 2.30 bits per heavy atom. The fourth-order valence-electron chi connectivity index (χ4n) is 1.48. The molecular weight excluding hydrogens is 282 g/mol. The maximum Gasteiger partial charge on any atom is 0.288 e. The molecular formula is C13H16ClN3O3. The number of nitrogens with zero attached hydrogens (tertiary/aromatic N) is 2. The van der Waals surface area contributed by atoms with Crippen LogP contribution in [-0.4, -0.2) is 23.6 Å². The highest BCUT2D eigenvalue weighted by Crippen LogP contribution is 2.28. The van der Waals surface area contributed by atoms with Crippen LogP contribution in [0.3, 0.4) is 0 Å². The molecule has 20 heavy (non-hydrogen) atoms. The quantitative estimate of drug-likeness (QED) is 0.617. The second kappa shape index (κ2) is 7.08. The lowest BCUT2D eigenvalue weighted by Crippen LogP contribution is -2.46. The minimum Gasteiger partial charge on any atom is -0.490 e. The van der Waals surface area contributed by atoms with E-state index in [0.29, 0.717) is 12.3 Å². The lowest BCUT2D eigenvalue weighted by atomic mass is 10.1. The van der Waals surface area contributed by atoms with Crippen molar-refractivity contribution >= 4 is 17.3 Å². The smallest absolute Gasteiger partial charge is 0.288 e. The van der Waals surface area contributed by atoms with Gasteiger partial charge in [0.15, 0.2) is 0 Å². The SMILES string of the molecule is CCCNC(C)(C#N)COc1ccc([N+](=O)[O-])c(Cl)c1. The highest BCUT2D eigenvalue weighted by molar-refractivity contribution is 6.32. The number of benzene rings is 1. The third-order valence-electron chi connectivity index (χ3n) is 2.66. The van der Waals surface area contributed by atoms with Crippen LogP contribution in [0.1, 0.15) is 20.3 Å². The van der Waals surface area contributed by atoms with E-state index in [2.05, 4.69) is 11.4 Å². The average molecular weight is 298 g/mol. The Labute approximate surface area is 122 Å². The van der Waals surface area contributed by atoms with Crippen molar-refractivity contribution in [2.75, 3.05) is 13.2 Å². The molecule has 0 radical (unpaired) electrons. The Morgan fingerprint density at radius 1 is 1.60 bits per heavy atom. The van der Waals surface area contributed by atoms with Crippen LogP contribution in [0.15, 0.2) is 18.2 Å². The van der Waals surface area contributed by atoms with E-state index >= 15 is 0 Å². The van der Waals surface area contributed by atoms with E-state index in [0.717, 1.165) is 6.42 Å². The topological polar surface area (TPSA) is 88.2 Å². The number of nitro benzene ring substituents is 1. The van der Waals surface area contributed by atoms with E-state index in [1.807, 2.05) is 6.92 Å². The van der Waals surface area contributed by atoms with Crippen LogP contribution in [0.2, 0.25) is 5.02 Å². The minimum atomic E-state index is -0.815. The monoisotopic (exact) mass is 297 g/mol. The number of nitrogens with one attached hydrogen (secondary N) is 1. The summed E-state index contributed by atoms with van der Waals surface area (Å²) < 4.78 is 5.48. The van der Waals surface area contributed by atoms with Gasteiger partial charge in [0.1, 0.15) is 22.9 Å². The van der Waals surface area contributed by atoms with E-state index < -0.39 is 10.5 Å². The molecule has 0 heterocycles. The van der Waals surface area contributed by atoms with E-state index in [4.69, 9.17) is 21.6 Å². The lowest BCUT2D eigenvalue weighted by Gasteiger charge is -2.23. The number of nitriles is 1. The van der Waals surface area contributed by atoms with Gasteiger partial charge in [0, 0.05) is 12.1 Å². The fourth-order valence-corrected chi connectivity index (χ4v) is 1.72. The Hall–Kier alpha value is -1.84. The molecule has 1 aromatic carbocycles. The summed E-state index contributed by atoms with van der Waals surface area (Å²) in [5.74, 6) is 0.389. The van der Waals surface area contributed by atoms with Crippen LogP contribution < -0.4 is 10.1 Å². The van der Waals surface area contributed by atoms with Crippen molar-refractivity contribution in [2.45, 2.75) is 25.8 Å². The Balaban J connectivity index is 2.72. The van der Waals surface area contributed by atoms with Crippen molar-refractivity contribution in [1.82, 2.24) is 5.32 Å². The van der Waals surface area contributed by atoms with Gasteiger partial charge in [-0.15, -0.1) is 0 Å². The molecule has 0 saturated heterocycles. The Bertz CT molecular complexity index is 530. The molecule has 0 aliphatic carbocycles. The molecule has 0 aromatic heterocycles. The minimum absolute atomic E-state index is 0.00711. The summed E-state index contributed by atoms with van der Waals surface area (Å²) in [4.78, 5) is 10.1. The molecule has 1 rings (SSSR count). The van der Waals surface area contributed by atoms with Gasteiger partial charge >= 0.3 is 0 Å². The van der Waals surface area contributed by atoms with E-state index in [1.54, 1.807) is 6.92 Å². The predicted molar refractivity (Wildman–Crippen MR) is 75.9 cm³/mol. The average Bonchev–Trinajstić information content (AvgIpc) is 2.42. The van der Waals surface area contributed by atoms with Crippen LogP contribution in [-0.2, 0) is 0 Å². The van der Waals surface area contributed by atoms with Crippen molar-refractivity contribution in [3.8, 4) is 11.8 Å². The second-order valence-corrected chi connectivity index (χ2v) is 4.94. The van der Waals surface area contributed by atoms with Gasteiger partial charge in [-0.25, -0.2) is 0 Å². The maximum absolute atomic E-state index is 10.6. The second-order valence-electron chi connectivity index (χ2n) is 4.53. The third-order valence-corrected chi connectivity index (χ3v) is 2.96. The van der Waals surface area contributed by atoms with Crippen molar-refractivity contribution < 1.29 is 9.66 Å². The maximum atomic E-state index is 10.6. The predicted octanol–water partition coefficient (Wildman–Crippen LogP) is 2.91. The molecule has 0 saturated carbocycles. The number of hydrogen-bond acceptors (Lipinski definition) is 5. The van der Waals surface area contributed by atoms with Crippen LogP contribution >= 0.6 is 11.6 Å². The van der Waals surface area contributed by atoms with Crippen LogP contribution in [0, 0.1) is 21.4 Å². The highest BCUT2D eigenvalue weighted by atomic mass is 35.5. The summed E-state index contributed by atoms with van der Waals surface area (Å²) in [5.41, 5.74) is -0.990. The van der Waals surface area contributed by atoms with Crippen molar-refractivity contribution in [3.05, 3.63) is 33.3 Å². The van der Waals surface area contributed by atoms with Gasteiger partial charge in [0.2, 0.25) is 0 Å². The normalized spacial score (nSPS) is 13.3. The zero-order valence-electron chi connectivity index (χ0n) is 11.4. The molecule has 6 nitrogen and oxygen atoms in total.